The molecule has 1 atom stereocenters. The molecule has 0 aliphatic rings. The van der Waals surface area contributed by atoms with Gasteiger partial charge in [-0.25, -0.2) is 4.39 Å². The number of rotatable bonds is 8. The summed E-state index contributed by atoms with van der Waals surface area (Å²) in [4.78, 5) is 13.9. The molecular weight excluding hydrogens is 273 g/mol. The van der Waals surface area contributed by atoms with E-state index in [0.29, 0.717) is 19.6 Å². The zero-order valence-electron chi connectivity index (χ0n) is 13.2. The van der Waals surface area contributed by atoms with Gasteiger partial charge in [0.1, 0.15) is 6.04 Å². The van der Waals surface area contributed by atoms with Crippen molar-refractivity contribution in [2.75, 3.05) is 20.8 Å². The molecule has 0 N–H and O–H groups in total. The third-order valence-corrected chi connectivity index (χ3v) is 3.30. The Bertz CT molecular complexity index is 465. The predicted molar refractivity (Wildman–Crippen MR) is 79.7 cm³/mol. The summed E-state index contributed by atoms with van der Waals surface area (Å²) in [5.74, 6) is -0.403. The zero-order valence-corrected chi connectivity index (χ0v) is 13.2. The number of hydrogen-bond acceptors (Lipinski definition) is 4. The maximum Gasteiger partial charge on any atom is 0.323 e. The van der Waals surface area contributed by atoms with Crippen LogP contribution in [0.5, 0.6) is 5.75 Å². The molecule has 1 unspecified atom stereocenters. The molecule has 0 fully saturated rings. The monoisotopic (exact) mass is 297 g/mol. The van der Waals surface area contributed by atoms with Crippen LogP contribution in [0, 0.1) is 5.82 Å². The number of methoxy groups -OCH3 is 1. The van der Waals surface area contributed by atoms with E-state index in [2.05, 4.69) is 0 Å². The lowest BCUT2D eigenvalue weighted by molar-refractivity contribution is -0.149. The first-order valence-electron chi connectivity index (χ1n) is 7.22. The molecule has 0 aliphatic carbocycles. The van der Waals surface area contributed by atoms with E-state index in [4.69, 9.17) is 9.47 Å². The number of carbonyl (C=O) groups excluding carboxylic acids is 1. The van der Waals surface area contributed by atoms with Crippen LogP contribution < -0.4 is 4.74 Å². The number of benzene rings is 1. The van der Waals surface area contributed by atoms with Gasteiger partial charge in [0.05, 0.1) is 13.7 Å². The Labute approximate surface area is 125 Å². The second-order valence-electron chi connectivity index (χ2n) is 4.94. The van der Waals surface area contributed by atoms with E-state index >= 15 is 0 Å². The van der Waals surface area contributed by atoms with Gasteiger partial charge < -0.3 is 9.47 Å². The van der Waals surface area contributed by atoms with Crippen molar-refractivity contribution in [1.29, 1.82) is 0 Å². The second-order valence-corrected chi connectivity index (χ2v) is 4.94. The first kappa shape index (κ1) is 17.4. The highest BCUT2D eigenvalue weighted by Gasteiger charge is 2.23. The lowest BCUT2D eigenvalue weighted by Crippen LogP contribution is -2.39. The summed E-state index contributed by atoms with van der Waals surface area (Å²) in [6.07, 6.45) is 1.60. The molecule has 0 aliphatic heterocycles. The number of esters is 1. The molecule has 1 aromatic rings. The molecule has 0 amide bonds. The van der Waals surface area contributed by atoms with Crippen molar-refractivity contribution < 1.29 is 18.7 Å². The van der Waals surface area contributed by atoms with Crippen molar-refractivity contribution in [3.63, 3.8) is 0 Å². The van der Waals surface area contributed by atoms with Crippen molar-refractivity contribution in [2.45, 2.75) is 39.3 Å². The molecule has 0 heterocycles. The van der Waals surface area contributed by atoms with E-state index in [9.17, 15) is 9.18 Å². The standard InChI is InChI=1S/C16H24FNO3/c1-5-7-14(16(19)21-6-2)18(3)11-12-8-9-15(20-4)13(17)10-12/h8-10,14H,5-7,11H2,1-4H3. The number of ether oxygens (including phenoxy) is 2. The number of halogens is 1. The highest BCUT2D eigenvalue weighted by atomic mass is 19.1. The fraction of sp³-hybridized carbons (Fsp3) is 0.562. The largest absolute Gasteiger partial charge is 0.494 e. The Kier molecular flexibility index (Phi) is 7.15. The van der Waals surface area contributed by atoms with Gasteiger partial charge in [0.15, 0.2) is 11.6 Å². The fourth-order valence-electron chi connectivity index (χ4n) is 2.24. The Morgan fingerprint density at radius 1 is 1.38 bits per heavy atom. The highest BCUT2D eigenvalue weighted by Crippen LogP contribution is 2.19. The first-order valence-corrected chi connectivity index (χ1v) is 7.22. The maximum atomic E-state index is 13.7. The van der Waals surface area contributed by atoms with Gasteiger partial charge in [-0.2, -0.15) is 0 Å². The van der Waals surface area contributed by atoms with E-state index in [1.54, 1.807) is 19.1 Å². The molecule has 0 radical (unpaired) electrons. The van der Waals surface area contributed by atoms with Gasteiger partial charge in [0.2, 0.25) is 0 Å². The molecule has 118 valence electrons. The SMILES string of the molecule is CCCC(C(=O)OCC)N(C)Cc1ccc(OC)c(F)c1. The summed E-state index contributed by atoms with van der Waals surface area (Å²) >= 11 is 0. The van der Waals surface area contributed by atoms with E-state index in [1.807, 2.05) is 18.9 Å². The summed E-state index contributed by atoms with van der Waals surface area (Å²) in [5.41, 5.74) is 0.793. The van der Waals surface area contributed by atoms with Crippen molar-refractivity contribution in [3.05, 3.63) is 29.6 Å². The molecule has 1 aromatic carbocycles. The van der Waals surface area contributed by atoms with Crippen molar-refractivity contribution in [3.8, 4) is 5.75 Å². The van der Waals surface area contributed by atoms with Crippen molar-refractivity contribution in [2.24, 2.45) is 0 Å². The lowest BCUT2D eigenvalue weighted by atomic mass is 10.1. The van der Waals surface area contributed by atoms with Crippen LogP contribution >= 0.6 is 0 Å². The number of hydrogen-bond donors (Lipinski definition) is 0. The normalized spacial score (nSPS) is 12.3. The summed E-state index contributed by atoms with van der Waals surface area (Å²) in [5, 5.41) is 0. The van der Waals surface area contributed by atoms with Gasteiger partial charge in [-0.15, -0.1) is 0 Å². The second kappa shape index (κ2) is 8.62. The molecule has 0 spiro atoms. The third kappa shape index (κ3) is 5.01. The van der Waals surface area contributed by atoms with E-state index in [0.717, 1.165) is 12.0 Å². The molecule has 0 bridgehead atoms. The van der Waals surface area contributed by atoms with Gasteiger partial charge in [-0.3, -0.25) is 9.69 Å². The van der Waals surface area contributed by atoms with Crippen LogP contribution in [0.4, 0.5) is 4.39 Å². The lowest BCUT2D eigenvalue weighted by Gasteiger charge is -2.26. The van der Waals surface area contributed by atoms with Crippen LogP contribution in [0.25, 0.3) is 0 Å². The number of nitrogens with zero attached hydrogens (tertiary/aromatic N) is 1. The minimum atomic E-state index is -0.397. The van der Waals surface area contributed by atoms with E-state index in [-0.39, 0.29) is 17.8 Å². The van der Waals surface area contributed by atoms with Crippen molar-refractivity contribution >= 4 is 5.97 Å². The average molecular weight is 297 g/mol. The molecule has 0 saturated heterocycles. The minimum absolute atomic E-state index is 0.219. The van der Waals surface area contributed by atoms with Crippen LogP contribution in [-0.4, -0.2) is 37.7 Å². The highest BCUT2D eigenvalue weighted by molar-refractivity contribution is 5.75. The maximum absolute atomic E-state index is 13.7. The van der Waals surface area contributed by atoms with Crippen LogP contribution in [0.3, 0.4) is 0 Å². The van der Waals surface area contributed by atoms with Gasteiger partial charge >= 0.3 is 5.97 Å². The van der Waals surface area contributed by atoms with Gasteiger partial charge in [0.25, 0.3) is 0 Å². The Morgan fingerprint density at radius 3 is 2.62 bits per heavy atom. The first-order chi connectivity index (χ1) is 10.0. The van der Waals surface area contributed by atoms with Crippen LogP contribution in [0.2, 0.25) is 0 Å². The summed E-state index contributed by atoms with van der Waals surface area (Å²) in [6, 6.07) is 4.52. The number of carbonyl (C=O) groups is 1. The van der Waals surface area contributed by atoms with Crippen LogP contribution in [0.15, 0.2) is 18.2 Å². The van der Waals surface area contributed by atoms with E-state index < -0.39 is 5.82 Å². The molecule has 0 aromatic heterocycles. The Hall–Kier alpha value is -1.62. The molecule has 21 heavy (non-hydrogen) atoms. The van der Waals surface area contributed by atoms with Gasteiger partial charge in [-0.05, 0) is 38.1 Å². The molecular formula is C16H24FNO3. The summed E-state index contributed by atoms with van der Waals surface area (Å²) in [6.45, 7) is 4.65. The smallest absolute Gasteiger partial charge is 0.323 e. The minimum Gasteiger partial charge on any atom is -0.494 e. The quantitative estimate of drug-likeness (QED) is 0.691. The molecule has 4 nitrogen and oxygen atoms in total. The molecule has 1 rings (SSSR count). The fourth-order valence-corrected chi connectivity index (χ4v) is 2.24. The van der Waals surface area contributed by atoms with Gasteiger partial charge in [-0.1, -0.05) is 19.4 Å². The average Bonchev–Trinajstić information content (AvgIpc) is 2.45. The topological polar surface area (TPSA) is 38.8 Å². The number of likely N-dealkylation sites (N-methyl/N-ethyl adjacent to an activating group) is 1. The Morgan fingerprint density at radius 2 is 2.10 bits per heavy atom. The van der Waals surface area contributed by atoms with E-state index in [1.165, 1.54) is 13.2 Å². The molecule has 5 heteroatoms. The predicted octanol–water partition coefficient (Wildman–Crippen LogP) is 3.00. The van der Waals surface area contributed by atoms with Crippen LogP contribution in [-0.2, 0) is 16.1 Å². The Balaban J connectivity index is 2.78. The summed E-state index contributed by atoms with van der Waals surface area (Å²) in [7, 11) is 3.28. The van der Waals surface area contributed by atoms with Crippen LogP contribution in [0.1, 0.15) is 32.3 Å². The molecule has 0 saturated carbocycles. The summed E-state index contributed by atoms with van der Waals surface area (Å²) < 4.78 is 23.7. The zero-order chi connectivity index (χ0) is 15.8. The van der Waals surface area contributed by atoms with Crippen molar-refractivity contribution in [1.82, 2.24) is 4.90 Å². The van der Waals surface area contributed by atoms with Gasteiger partial charge in [0, 0.05) is 6.54 Å². The third-order valence-electron chi connectivity index (χ3n) is 3.30.